The first-order valence-electron chi connectivity index (χ1n) is 6.19. The van der Waals surface area contributed by atoms with Crippen molar-refractivity contribution >= 4 is 17.3 Å². The Morgan fingerprint density at radius 1 is 1.25 bits per heavy atom. The Hall–Kier alpha value is -2.82. The summed E-state index contributed by atoms with van der Waals surface area (Å²) in [5.74, 6) is -0.888. The van der Waals surface area contributed by atoms with Gasteiger partial charge in [-0.05, 0) is 24.3 Å². The van der Waals surface area contributed by atoms with E-state index < -0.39 is 5.97 Å². The van der Waals surface area contributed by atoms with Crippen LogP contribution in [0, 0.1) is 0 Å². The number of anilines is 1. The molecular formula is C15H13N3O2. The molecule has 0 bridgehead atoms. The zero-order valence-electron chi connectivity index (χ0n) is 10.7. The molecule has 1 aromatic carbocycles. The lowest BCUT2D eigenvalue weighted by Crippen LogP contribution is -2.04. The summed E-state index contributed by atoms with van der Waals surface area (Å²) in [7, 11) is 0. The van der Waals surface area contributed by atoms with Crippen LogP contribution in [0.15, 0.2) is 48.7 Å². The Kier molecular flexibility index (Phi) is 2.87. The number of imidazole rings is 1. The summed E-state index contributed by atoms with van der Waals surface area (Å²) in [6.45, 7) is 0. The Balaban J connectivity index is 2.26. The van der Waals surface area contributed by atoms with Gasteiger partial charge in [0, 0.05) is 17.4 Å². The van der Waals surface area contributed by atoms with E-state index in [1.54, 1.807) is 16.5 Å². The molecule has 20 heavy (non-hydrogen) atoms. The monoisotopic (exact) mass is 267 g/mol. The number of rotatable bonds is 3. The van der Waals surface area contributed by atoms with E-state index in [0.29, 0.717) is 17.1 Å². The molecular weight excluding hydrogens is 254 g/mol. The predicted octanol–water partition coefficient (Wildman–Crippen LogP) is 2.21. The number of nitrogen functional groups attached to an aromatic ring is 1. The number of nitrogens with zero attached hydrogens (tertiary/aromatic N) is 2. The number of aliphatic carboxylic acids is 1. The van der Waals surface area contributed by atoms with E-state index in [4.69, 9.17) is 10.8 Å². The topological polar surface area (TPSA) is 80.6 Å². The van der Waals surface area contributed by atoms with E-state index in [9.17, 15) is 4.79 Å². The van der Waals surface area contributed by atoms with Gasteiger partial charge in [0.1, 0.15) is 5.65 Å². The highest BCUT2D eigenvalue weighted by molar-refractivity contribution is 5.76. The molecule has 3 N–H and O–H groups in total. The van der Waals surface area contributed by atoms with Crippen LogP contribution < -0.4 is 5.73 Å². The minimum Gasteiger partial charge on any atom is -0.481 e. The second-order valence-corrected chi connectivity index (χ2v) is 4.53. The maximum Gasteiger partial charge on any atom is 0.309 e. The van der Waals surface area contributed by atoms with Gasteiger partial charge in [-0.3, -0.25) is 4.79 Å². The minimum absolute atomic E-state index is 0.0880. The fourth-order valence-electron chi connectivity index (χ4n) is 2.28. The van der Waals surface area contributed by atoms with Crippen molar-refractivity contribution in [1.82, 2.24) is 9.38 Å². The number of benzene rings is 1. The second-order valence-electron chi connectivity index (χ2n) is 4.53. The van der Waals surface area contributed by atoms with Crippen LogP contribution in [0.25, 0.3) is 16.9 Å². The first kappa shape index (κ1) is 12.2. The third kappa shape index (κ3) is 2.09. The fraction of sp³-hybridized carbons (Fsp3) is 0.0667. The molecule has 0 atom stereocenters. The maximum absolute atomic E-state index is 11.1. The Labute approximate surface area is 115 Å². The summed E-state index contributed by atoms with van der Waals surface area (Å²) >= 11 is 0. The number of nitrogens with two attached hydrogens (primary N) is 1. The molecule has 0 radical (unpaired) electrons. The summed E-state index contributed by atoms with van der Waals surface area (Å²) in [5, 5.41) is 9.10. The van der Waals surface area contributed by atoms with E-state index in [2.05, 4.69) is 4.98 Å². The van der Waals surface area contributed by atoms with Crippen molar-refractivity contribution in [3.05, 3.63) is 54.4 Å². The number of hydrogen-bond acceptors (Lipinski definition) is 3. The Morgan fingerprint density at radius 2 is 2.10 bits per heavy atom. The third-order valence-corrected chi connectivity index (χ3v) is 3.11. The summed E-state index contributed by atoms with van der Waals surface area (Å²) in [6.07, 6.45) is 1.73. The highest BCUT2D eigenvalue weighted by Crippen LogP contribution is 2.26. The van der Waals surface area contributed by atoms with Crippen molar-refractivity contribution in [3.8, 4) is 11.3 Å². The van der Waals surface area contributed by atoms with E-state index in [1.165, 1.54) is 0 Å². The van der Waals surface area contributed by atoms with Crippen molar-refractivity contribution < 1.29 is 9.90 Å². The number of fused-ring (bicyclic) bond motifs is 1. The number of pyridine rings is 1. The number of aromatic nitrogens is 2. The quantitative estimate of drug-likeness (QED) is 0.713. The smallest absolute Gasteiger partial charge is 0.309 e. The molecule has 0 unspecified atom stereocenters. The van der Waals surface area contributed by atoms with Gasteiger partial charge in [0.15, 0.2) is 0 Å². The van der Waals surface area contributed by atoms with Gasteiger partial charge in [0.25, 0.3) is 0 Å². The van der Waals surface area contributed by atoms with Crippen LogP contribution in [0.3, 0.4) is 0 Å². The van der Waals surface area contributed by atoms with Crippen LogP contribution in [0.2, 0.25) is 0 Å². The summed E-state index contributed by atoms with van der Waals surface area (Å²) in [4.78, 5) is 15.6. The van der Waals surface area contributed by atoms with Crippen LogP contribution in [0.4, 0.5) is 5.69 Å². The van der Waals surface area contributed by atoms with Crippen molar-refractivity contribution in [2.45, 2.75) is 6.42 Å². The molecule has 0 saturated heterocycles. The van der Waals surface area contributed by atoms with Crippen LogP contribution in [-0.4, -0.2) is 20.5 Å². The van der Waals surface area contributed by atoms with Crippen molar-refractivity contribution in [3.63, 3.8) is 0 Å². The molecule has 0 fully saturated rings. The SMILES string of the molecule is Nc1cccc(-c2nc3ccccn3c2CC(=O)O)c1. The van der Waals surface area contributed by atoms with Crippen LogP contribution in [0.1, 0.15) is 5.69 Å². The average Bonchev–Trinajstić information content (AvgIpc) is 2.77. The van der Waals surface area contributed by atoms with Crippen molar-refractivity contribution in [2.75, 3.05) is 5.73 Å². The largest absolute Gasteiger partial charge is 0.481 e. The van der Waals surface area contributed by atoms with Gasteiger partial charge in [0.2, 0.25) is 0 Å². The first-order chi connectivity index (χ1) is 9.65. The highest BCUT2D eigenvalue weighted by atomic mass is 16.4. The Bertz CT molecular complexity index is 793. The maximum atomic E-state index is 11.1. The van der Waals surface area contributed by atoms with Crippen molar-refractivity contribution in [1.29, 1.82) is 0 Å². The molecule has 0 saturated carbocycles. The van der Waals surface area contributed by atoms with E-state index >= 15 is 0 Å². The third-order valence-electron chi connectivity index (χ3n) is 3.11. The molecule has 2 aromatic heterocycles. The highest BCUT2D eigenvalue weighted by Gasteiger charge is 2.16. The summed E-state index contributed by atoms with van der Waals surface area (Å²) in [6, 6.07) is 12.9. The van der Waals surface area contributed by atoms with Crippen molar-refractivity contribution in [2.24, 2.45) is 0 Å². The predicted molar refractivity (Wildman–Crippen MR) is 76.4 cm³/mol. The van der Waals surface area contributed by atoms with Gasteiger partial charge < -0.3 is 15.2 Å². The minimum atomic E-state index is -0.888. The van der Waals surface area contributed by atoms with E-state index in [0.717, 1.165) is 11.2 Å². The van der Waals surface area contributed by atoms with Gasteiger partial charge >= 0.3 is 5.97 Å². The lowest BCUT2D eigenvalue weighted by atomic mass is 10.1. The average molecular weight is 267 g/mol. The lowest BCUT2D eigenvalue weighted by Gasteiger charge is -2.03. The first-order valence-corrected chi connectivity index (χ1v) is 6.19. The lowest BCUT2D eigenvalue weighted by molar-refractivity contribution is -0.136. The van der Waals surface area contributed by atoms with E-state index in [-0.39, 0.29) is 6.42 Å². The Morgan fingerprint density at radius 3 is 2.85 bits per heavy atom. The summed E-state index contributed by atoms with van der Waals surface area (Å²) < 4.78 is 1.80. The molecule has 0 aliphatic rings. The number of carbonyl (C=O) groups is 1. The fourth-order valence-corrected chi connectivity index (χ4v) is 2.28. The molecule has 0 aliphatic heterocycles. The van der Waals surface area contributed by atoms with Gasteiger partial charge in [-0.25, -0.2) is 4.98 Å². The zero-order valence-corrected chi connectivity index (χ0v) is 10.7. The van der Waals surface area contributed by atoms with Gasteiger partial charge in [-0.2, -0.15) is 0 Å². The van der Waals surface area contributed by atoms with Crippen LogP contribution in [0.5, 0.6) is 0 Å². The molecule has 3 rings (SSSR count). The summed E-state index contributed by atoms with van der Waals surface area (Å²) in [5.41, 5.74) is 9.27. The van der Waals surface area contributed by atoms with Crippen LogP contribution in [-0.2, 0) is 11.2 Å². The molecule has 0 amide bonds. The standard InChI is InChI=1S/C15H13N3O2/c16-11-5-3-4-10(8-11)15-12(9-14(19)20)18-7-2-1-6-13(18)17-15/h1-8H,9,16H2,(H,19,20). The molecule has 0 spiro atoms. The van der Waals surface area contributed by atoms with Gasteiger partial charge in [-0.15, -0.1) is 0 Å². The van der Waals surface area contributed by atoms with Gasteiger partial charge in [-0.1, -0.05) is 18.2 Å². The normalized spacial score (nSPS) is 10.8. The molecule has 0 aliphatic carbocycles. The molecule has 100 valence electrons. The zero-order chi connectivity index (χ0) is 14.1. The number of hydrogen-bond donors (Lipinski definition) is 2. The molecule has 5 heteroatoms. The van der Waals surface area contributed by atoms with Crippen LogP contribution >= 0.6 is 0 Å². The second kappa shape index (κ2) is 4.70. The van der Waals surface area contributed by atoms with E-state index in [1.807, 2.05) is 36.5 Å². The molecule has 2 heterocycles. The molecule has 5 nitrogen and oxygen atoms in total. The molecule has 3 aromatic rings. The number of carboxylic acids is 1. The van der Waals surface area contributed by atoms with Gasteiger partial charge in [0.05, 0.1) is 17.8 Å². The number of carboxylic acid groups (broad SMARTS) is 1.